The Morgan fingerprint density at radius 3 is 2.22 bits per heavy atom. The summed E-state index contributed by atoms with van der Waals surface area (Å²) < 4.78 is 4.44. The lowest BCUT2D eigenvalue weighted by Crippen LogP contribution is -3.00. The topological polar surface area (TPSA) is 12.1 Å². The normalized spacial score (nSPS) is 11.0. The molecule has 3 aromatic rings. The molecule has 120 valence electrons. The predicted octanol–water partition coefficient (Wildman–Crippen LogP) is 0.243. The van der Waals surface area contributed by atoms with Crippen molar-refractivity contribution in [1.82, 2.24) is 4.57 Å². The van der Waals surface area contributed by atoms with Gasteiger partial charge in [0.25, 0.3) is 5.82 Å². The van der Waals surface area contributed by atoms with E-state index in [0.29, 0.717) is 0 Å². The summed E-state index contributed by atoms with van der Waals surface area (Å²) in [6.07, 6.45) is 4.33. The van der Waals surface area contributed by atoms with Crippen LogP contribution in [0.4, 0.5) is 5.69 Å². The minimum Gasteiger partial charge on any atom is -1.00 e. The average Bonchev–Trinajstić information content (AvgIpc) is 2.78. The molecule has 0 atom stereocenters. The first kappa shape index (κ1) is 17.5. The van der Waals surface area contributed by atoms with Crippen LogP contribution in [0, 0.1) is 0 Å². The molecule has 23 heavy (non-hydrogen) atoms. The standard InChI is InChI=1S/C19H22N3.HI/c1-20(2)16-12-9-15(10-13-16)11-14-19-21(3)17-7-5-6-8-18(17)22(19)4;/h5-14H,1-4H3;1H/q+1;/p-1. The third kappa shape index (κ3) is 3.42. The highest BCUT2D eigenvalue weighted by Crippen LogP contribution is 2.16. The highest BCUT2D eigenvalue weighted by molar-refractivity contribution is 5.76. The Hall–Kier alpha value is -1.82. The summed E-state index contributed by atoms with van der Waals surface area (Å²) in [4.78, 5) is 2.11. The van der Waals surface area contributed by atoms with Gasteiger partial charge in [0.15, 0.2) is 11.0 Å². The summed E-state index contributed by atoms with van der Waals surface area (Å²) in [6.45, 7) is 0. The summed E-state index contributed by atoms with van der Waals surface area (Å²) >= 11 is 0. The van der Waals surface area contributed by atoms with Crippen molar-refractivity contribution in [3.05, 3.63) is 59.9 Å². The Labute approximate surface area is 154 Å². The van der Waals surface area contributed by atoms with Crippen molar-refractivity contribution in [2.45, 2.75) is 0 Å². The molecule has 0 aliphatic carbocycles. The van der Waals surface area contributed by atoms with Gasteiger partial charge in [0.1, 0.15) is 0 Å². The van der Waals surface area contributed by atoms with Crippen LogP contribution >= 0.6 is 0 Å². The lowest BCUT2D eigenvalue weighted by molar-refractivity contribution is -0.647. The van der Waals surface area contributed by atoms with Gasteiger partial charge in [0.05, 0.1) is 14.1 Å². The summed E-state index contributed by atoms with van der Waals surface area (Å²) in [7, 11) is 8.33. The molecule has 3 nitrogen and oxygen atoms in total. The van der Waals surface area contributed by atoms with E-state index in [1.54, 1.807) is 0 Å². The molecule has 4 heteroatoms. The largest absolute Gasteiger partial charge is 1.00 e. The first-order valence-electron chi connectivity index (χ1n) is 7.47. The van der Waals surface area contributed by atoms with E-state index in [9.17, 15) is 0 Å². The first-order valence-corrected chi connectivity index (χ1v) is 7.47. The van der Waals surface area contributed by atoms with Gasteiger partial charge in [-0.1, -0.05) is 24.3 Å². The third-order valence-electron chi connectivity index (χ3n) is 4.13. The van der Waals surface area contributed by atoms with E-state index in [1.165, 1.54) is 28.1 Å². The zero-order valence-corrected chi connectivity index (χ0v) is 16.2. The maximum absolute atomic E-state index is 2.22. The van der Waals surface area contributed by atoms with Crippen LogP contribution in [0.5, 0.6) is 0 Å². The van der Waals surface area contributed by atoms with Gasteiger partial charge in [0.2, 0.25) is 0 Å². The maximum atomic E-state index is 2.22. The van der Waals surface area contributed by atoms with Crippen molar-refractivity contribution >= 4 is 28.9 Å². The van der Waals surface area contributed by atoms with Gasteiger partial charge in [-0.25, -0.2) is 9.13 Å². The average molecular weight is 419 g/mol. The molecule has 0 N–H and O–H groups in total. The molecule has 1 heterocycles. The van der Waals surface area contributed by atoms with Crippen molar-refractivity contribution in [2.24, 2.45) is 14.1 Å². The Balaban J connectivity index is 0.00000192. The number of imidazole rings is 1. The van der Waals surface area contributed by atoms with Crippen LogP contribution in [0.25, 0.3) is 23.2 Å². The van der Waals surface area contributed by atoms with Gasteiger partial charge in [0, 0.05) is 25.9 Å². The quantitative estimate of drug-likeness (QED) is 0.438. The van der Waals surface area contributed by atoms with E-state index in [0.717, 1.165) is 0 Å². The van der Waals surface area contributed by atoms with Gasteiger partial charge >= 0.3 is 0 Å². The molecule has 0 aliphatic rings. The number of hydrogen-bond acceptors (Lipinski definition) is 1. The van der Waals surface area contributed by atoms with Crippen molar-refractivity contribution in [2.75, 3.05) is 19.0 Å². The fourth-order valence-corrected chi connectivity index (χ4v) is 2.78. The number of aromatic nitrogens is 2. The zero-order chi connectivity index (χ0) is 15.7. The van der Waals surface area contributed by atoms with E-state index >= 15 is 0 Å². The molecule has 0 amide bonds. The van der Waals surface area contributed by atoms with Crippen LogP contribution in [0.15, 0.2) is 48.5 Å². The van der Waals surface area contributed by atoms with Crippen LogP contribution in [0.1, 0.15) is 11.4 Å². The summed E-state index contributed by atoms with van der Waals surface area (Å²) in [5.74, 6) is 1.18. The zero-order valence-electron chi connectivity index (χ0n) is 14.0. The fourth-order valence-electron chi connectivity index (χ4n) is 2.78. The molecule has 0 saturated heterocycles. The number of nitrogens with zero attached hydrogens (tertiary/aromatic N) is 3. The molecule has 1 aromatic heterocycles. The summed E-state index contributed by atoms with van der Waals surface area (Å²) in [5.41, 5.74) is 4.91. The van der Waals surface area contributed by atoms with Crippen molar-refractivity contribution in [3.8, 4) is 0 Å². The Morgan fingerprint density at radius 1 is 0.957 bits per heavy atom. The molecule has 3 rings (SSSR count). The fraction of sp³-hybridized carbons (Fsp3) is 0.211. The monoisotopic (exact) mass is 419 g/mol. The third-order valence-corrected chi connectivity index (χ3v) is 4.13. The molecule has 0 aliphatic heterocycles. The van der Waals surface area contributed by atoms with Gasteiger partial charge < -0.3 is 28.9 Å². The van der Waals surface area contributed by atoms with Gasteiger partial charge in [-0.15, -0.1) is 0 Å². The SMILES string of the molecule is CN(C)c1ccc(/C=C/c2n(C)c3ccccc3[n+]2C)cc1.[I-]. The number of fused-ring (bicyclic) bond motifs is 1. The van der Waals surface area contributed by atoms with Crippen LogP contribution in [-0.4, -0.2) is 18.7 Å². The number of rotatable bonds is 3. The number of anilines is 1. The molecule has 0 unspecified atom stereocenters. The molecule has 0 saturated carbocycles. The van der Waals surface area contributed by atoms with Crippen molar-refractivity contribution in [1.29, 1.82) is 0 Å². The second kappa shape index (κ2) is 7.17. The summed E-state index contributed by atoms with van der Waals surface area (Å²) in [5, 5.41) is 0. The van der Waals surface area contributed by atoms with E-state index in [-0.39, 0.29) is 24.0 Å². The number of halogens is 1. The summed E-state index contributed by atoms with van der Waals surface area (Å²) in [6, 6.07) is 17.0. The highest BCUT2D eigenvalue weighted by atomic mass is 127. The van der Waals surface area contributed by atoms with Gasteiger partial charge in [-0.3, -0.25) is 0 Å². The van der Waals surface area contributed by atoms with Crippen molar-refractivity contribution < 1.29 is 28.5 Å². The second-order valence-corrected chi connectivity index (χ2v) is 5.78. The van der Waals surface area contributed by atoms with Crippen LogP contribution in [0.3, 0.4) is 0 Å². The molecule has 0 spiro atoms. The van der Waals surface area contributed by atoms with Gasteiger partial charge in [-0.2, -0.15) is 0 Å². The van der Waals surface area contributed by atoms with Gasteiger partial charge in [-0.05, 0) is 35.9 Å². The van der Waals surface area contributed by atoms with Crippen molar-refractivity contribution in [3.63, 3.8) is 0 Å². The number of aryl methyl sites for hydroxylation is 2. The number of hydrogen-bond donors (Lipinski definition) is 0. The van der Waals surface area contributed by atoms with Crippen LogP contribution in [0.2, 0.25) is 0 Å². The Morgan fingerprint density at radius 2 is 1.61 bits per heavy atom. The van der Waals surface area contributed by atoms with E-state index in [2.05, 4.69) is 103 Å². The molecular weight excluding hydrogens is 397 g/mol. The lowest BCUT2D eigenvalue weighted by atomic mass is 10.2. The number of para-hydroxylation sites is 2. The van der Waals surface area contributed by atoms with E-state index in [4.69, 9.17) is 0 Å². The maximum Gasteiger partial charge on any atom is 0.281 e. The Kier molecular flexibility index (Phi) is 5.46. The second-order valence-electron chi connectivity index (χ2n) is 5.78. The highest BCUT2D eigenvalue weighted by Gasteiger charge is 2.16. The molecule has 0 bridgehead atoms. The molecule has 2 aromatic carbocycles. The molecule has 0 fully saturated rings. The van der Waals surface area contributed by atoms with Crippen LogP contribution < -0.4 is 33.4 Å². The Bertz CT molecular complexity index is 791. The smallest absolute Gasteiger partial charge is 0.281 e. The number of benzene rings is 2. The minimum absolute atomic E-state index is 0. The van der Waals surface area contributed by atoms with E-state index in [1.807, 2.05) is 0 Å². The lowest BCUT2D eigenvalue weighted by Gasteiger charge is -2.11. The minimum atomic E-state index is 0. The first-order chi connectivity index (χ1) is 10.6. The predicted molar refractivity (Wildman–Crippen MR) is 93.8 cm³/mol. The van der Waals surface area contributed by atoms with Crippen LogP contribution in [-0.2, 0) is 14.1 Å². The molecular formula is C19H22IN3. The van der Waals surface area contributed by atoms with E-state index < -0.39 is 0 Å². The molecule has 0 radical (unpaired) electrons.